The number of carbonyl (C=O) groups is 5. The highest BCUT2D eigenvalue weighted by Crippen LogP contribution is 2.52. The van der Waals surface area contributed by atoms with Crippen LogP contribution in [0.5, 0.6) is 23.0 Å². The van der Waals surface area contributed by atoms with Crippen molar-refractivity contribution in [2.75, 3.05) is 13.7 Å². The molecule has 0 radical (unpaired) electrons. The predicted molar refractivity (Wildman–Crippen MR) is 207 cm³/mol. The number of methoxy groups -OCH3 is 1. The fourth-order valence-corrected chi connectivity index (χ4v) is 8.35. The summed E-state index contributed by atoms with van der Waals surface area (Å²) >= 11 is 0. The number of aliphatic hydroxyl groups is 5. The molecule has 0 spiro atoms. The maximum Gasteiger partial charge on any atom is 0.407 e. The lowest BCUT2D eigenvalue weighted by Gasteiger charge is -2.41. The van der Waals surface area contributed by atoms with E-state index in [1.54, 1.807) is 0 Å². The number of aliphatic hydroxyl groups excluding tert-OH is 5. The number of nitro benzene ring substituents is 1. The number of ketones is 3. The predicted octanol–water partition coefficient (Wildman–Crippen LogP) is 0.0333. The Labute approximate surface area is 360 Å². The first kappa shape index (κ1) is 45.7. The molecule has 1 amide bonds. The number of benzene rings is 3. The zero-order valence-corrected chi connectivity index (χ0v) is 33.7. The molecule has 2 aliphatic carbocycles. The van der Waals surface area contributed by atoms with E-state index in [2.05, 4.69) is 5.32 Å². The highest BCUT2D eigenvalue weighted by Gasteiger charge is 2.49. The van der Waals surface area contributed by atoms with Crippen LogP contribution in [0.4, 0.5) is 10.5 Å². The zero-order chi connectivity index (χ0) is 46.5. The van der Waals surface area contributed by atoms with Gasteiger partial charge in [-0.15, -0.1) is 0 Å². The Bertz CT molecular complexity index is 2400. The van der Waals surface area contributed by atoms with Crippen LogP contribution in [-0.4, -0.2) is 144 Å². The van der Waals surface area contributed by atoms with Crippen LogP contribution in [0, 0.1) is 16.0 Å². The topological polar surface area (TPSA) is 358 Å². The summed E-state index contributed by atoms with van der Waals surface area (Å²) < 4.78 is 33.1. The molecular formula is C41H42N2O21. The van der Waals surface area contributed by atoms with Gasteiger partial charge >= 0.3 is 17.7 Å². The first-order valence-corrected chi connectivity index (χ1v) is 19.7. The lowest BCUT2D eigenvalue weighted by molar-refractivity contribution is -0.387. The number of carbonyl (C=O) groups excluding carboxylic acids is 4. The molecule has 0 saturated carbocycles. The van der Waals surface area contributed by atoms with E-state index in [4.69, 9.17) is 28.4 Å². The number of fused-ring (bicyclic) bond motifs is 3. The van der Waals surface area contributed by atoms with Crippen LogP contribution in [0.15, 0.2) is 36.4 Å². The van der Waals surface area contributed by atoms with Crippen molar-refractivity contribution in [3.63, 3.8) is 0 Å². The van der Waals surface area contributed by atoms with Crippen molar-refractivity contribution in [2.45, 2.75) is 94.1 Å². The number of carboxylic acids is 1. The third-order valence-electron chi connectivity index (χ3n) is 11.6. The van der Waals surface area contributed by atoms with Gasteiger partial charge in [-0.2, -0.15) is 0 Å². The van der Waals surface area contributed by atoms with Crippen molar-refractivity contribution in [1.82, 2.24) is 5.32 Å². The van der Waals surface area contributed by atoms with Crippen LogP contribution >= 0.6 is 0 Å². The van der Waals surface area contributed by atoms with Gasteiger partial charge in [0.05, 0.1) is 47.0 Å². The molecule has 342 valence electrons. The minimum atomic E-state index is -2.04. The van der Waals surface area contributed by atoms with Gasteiger partial charge in [0.15, 0.2) is 29.7 Å². The van der Waals surface area contributed by atoms with E-state index in [0.717, 1.165) is 12.1 Å². The molecule has 23 nitrogen and oxygen atoms in total. The summed E-state index contributed by atoms with van der Waals surface area (Å²) in [6.07, 6.45) is -17.0. The number of ether oxygens (including phenoxy) is 6. The molecule has 3 aromatic rings. The number of aliphatic carboxylic acids is 1. The molecule has 2 aliphatic heterocycles. The van der Waals surface area contributed by atoms with E-state index in [9.17, 15) is 74.9 Å². The Morgan fingerprint density at radius 1 is 0.906 bits per heavy atom. The van der Waals surface area contributed by atoms with E-state index in [0.29, 0.717) is 0 Å². The van der Waals surface area contributed by atoms with Crippen LogP contribution in [-0.2, 0) is 41.6 Å². The van der Waals surface area contributed by atoms with Gasteiger partial charge < -0.3 is 74.6 Å². The summed E-state index contributed by atoms with van der Waals surface area (Å²) in [5.74, 6) is -6.85. The van der Waals surface area contributed by atoms with Gasteiger partial charge in [0.2, 0.25) is 12.1 Å². The number of phenolic OH excluding ortho intramolecular Hbond substituents is 2. The Hall–Kier alpha value is -6.31. The van der Waals surface area contributed by atoms with Crippen molar-refractivity contribution < 1.29 is 98.2 Å². The van der Waals surface area contributed by atoms with Gasteiger partial charge in [0.1, 0.15) is 54.9 Å². The molecular weight excluding hydrogens is 856 g/mol. The summed E-state index contributed by atoms with van der Waals surface area (Å²) in [6.45, 7) is -0.0182. The lowest BCUT2D eigenvalue weighted by Crippen LogP contribution is -2.61. The Morgan fingerprint density at radius 2 is 1.62 bits per heavy atom. The summed E-state index contributed by atoms with van der Waals surface area (Å²) in [5.41, 5.74) is -2.16. The number of nitrogens with one attached hydrogen (secondary N) is 1. The Kier molecular flexibility index (Phi) is 12.9. The molecule has 2 heterocycles. The number of aromatic hydroxyl groups is 2. The van der Waals surface area contributed by atoms with Gasteiger partial charge in [0, 0.05) is 35.1 Å². The number of nitrogens with zero attached hydrogens (tertiary/aromatic N) is 1. The number of amides is 1. The summed E-state index contributed by atoms with van der Waals surface area (Å²) in [5, 5.41) is 98.1. The van der Waals surface area contributed by atoms with Gasteiger partial charge in [-0.1, -0.05) is 18.2 Å². The van der Waals surface area contributed by atoms with Crippen LogP contribution in [0.25, 0.3) is 0 Å². The molecule has 2 saturated heterocycles. The normalized spacial score (nSPS) is 28.5. The quantitative estimate of drug-likeness (QED) is 0.0514. The average molecular weight is 899 g/mol. The third-order valence-corrected chi connectivity index (χ3v) is 11.6. The van der Waals surface area contributed by atoms with Crippen molar-refractivity contribution in [3.8, 4) is 23.0 Å². The molecule has 9 unspecified atom stereocenters. The van der Waals surface area contributed by atoms with Crippen LogP contribution in [0.2, 0.25) is 0 Å². The highest BCUT2D eigenvalue weighted by atomic mass is 16.7. The van der Waals surface area contributed by atoms with Crippen molar-refractivity contribution in [2.24, 2.45) is 5.92 Å². The standard InChI is InChI=1S/C41H42N2O21/c1-14-30(46)19(42-41(56)60-13-15-6-7-22(20(8-15)43(57)58)63-40-37(53)35(51)36(52)38(64-40)39(54)55)11-25(61-14)62-24-10-16(21(45)12-44)9-18-27(24)34(50)29-28(32(18)48)31(47)17-4-3-5-23(59-2)26(17)33(29)49/h3-8,14,16,19,24-25,30,35-38,40,44,46,48,50-53H,9-13H2,1-2H3,(H,42,56)(H,54,55)/t14?,16-,19?,24+,25?,30?,35?,36?,37?,38?,40?/m1/s1. The van der Waals surface area contributed by atoms with E-state index in [1.165, 1.54) is 38.3 Å². The number of nitro groups is 1. The average Bonchev–Trinajstić information content (AvgIpc) is 3.27. The Balaban J connectivity index is 1.07. The number of alkyl carbamates (subject to hydrolysis) is 1. The lowest BCUT2D eigenvalue weighted by atomic mass is 9.73. The number of Topliss-reactive ketones (excluding diaryl/α,β-unsaturated/α-hetero) is 1. The fourth-order valence-electron chi connectivity index (χ4n) is 8.35. The molecule has 9 N–H and O–H groups in total. The molecule has 23 heteroatoms. The molecule has 0 aromatic heterocycles. The van der Waals surface area contributed by atoms with Gasteiger partial charge in [0.25, 0.3) is 0 Å². The second-order valence-electron chi connectivity index (χ2n) is 15.5. The third kappa shape index (κ3) is 8.30. The second kappa shape index (κ2) is 18.1. The molecule has 2 fully saturated rings. The zero-order valence-electron chi connectivity index (χ0n) is 33.7. The molecule has 0 bridgehead atoms. The molecule has 4 aliphatic rings. The van der Waals surface area contributed by atoms with Crippen molar-refractivity contribution in [1.29, 1.82) is 0 Å². The first-order valence-electron chi connectivity index (χ1n) is 19.7. The Morgan fingerprint density at radius 3 is 2.30 bits per heavy atom. The smallest absolute Gasteiger partial charge is 0.407 e. The van der Waals surface area contributed by atoms with Crippen molar-refractivity contribution >= 4 is 35.1 Å². The monoisotopic (exact) mass is 898 g/mol. The second-order valence-corrected chi connectivity index (χ2v) is 15.5. The van der Waals surface area contributed by atoms with Crippen LogP contribution in [0.3, 0.4) is 0 Å². The number of rotatable bonds is 12. The van der Waals surface area contributed by atoms with Crippen LogP contribution in [0.1, 0.15) is 74.4 Å². The molecule has 64 heavy (non-hydrogen) atoms. The summed E-state index contributed by atoms with van der Waals surface area (Å²) in [7, 11) is 1.29. The number of hydrogen-bond donors (Lipinski definition) is 9. The van der Waals surface area contributed by atoms with E-state index in [-0.39, 0.29) is 52.8 Å². The van der Waals surface area contributed by atoms with Gasteiger partial charge in [-0.25, -0.2) is 9.59 Å². The van der Waals surface area contributed by atoms with Gasteiger partial charge in [-0.3, -0.25) is 24.5 Å². The maximum absolute atomic E-state index is 14.0. The highest BCUT2D eigenvalue weighted by molar-refractivity contribution is 6.31. The molecule has 3 aromatic carbocycles. The van der Waals surface area contributed by atoms with E-state index < -0.39 is 149 Å². The van der Waals surface area contributed by atoms with Crippen LogP contribution < -0.4 is 14.8 Å². The summed E-state index contributed by atoms with van der Waals surface area (Å²) in [4.78, 5) is 76.2. The largest absolute Gasteiger partial charge is 0.507 e. The molecule has 7 rings (SSSR count). The number of phenols is 2. The minimum Gasteiger partial charge on any atom is -0.507 e. The number of carboxylic acid groups (broad SMARTS) is 1. The number of hydrogen-bond acceptors (Lipinski definition) is 20. The summed E-state index contributed by atoms with van der Waals surface area (Å²) in [6, 6.07) is 6.32. The van der Waals surface area contributed by atoms with Gasteiger partial charge in [-0.05, 0) is 37.5 Å². The van der Waals surface area contributed by atoms with E-state index in [1.807, 2.05) is 0 Å². The first-order chi connectivity index (χ1) is 30.4. The minimum absolute atomic E-state index is 0.0376. The molecule has 11 atom stereocenters. The SMILES string of the molecule is COc1cccc2c1C(=O)c1c(O)c3c(c(O)c1C2=O)C[C@@H](C(=O)CO)C[C@@H]3OC1CC(NC(=O)OCc2ccc(OC3OC(C(=O)O)C(O)C(O)C3O)c([N+](=O)[O-])c2)C(O)C(C)O1. The maximum atomic E-state index is 14.0. The van der Waals surface area contributed by atoms with Crippen molar-refractivity contribution in [3.05, 3.63) is 85.5 Å². The van der Waals surface area contributed by atoms with E-state index >= 15 is 0 Å². The fraction of sp³-hybridized carbons (Fsp3) is 0.439.